The van der Waals surface area contributed by atoms with Gasteiger partial charge in [0.2, 0.25) is 11.8 Å². The third-order valence-electron chi connectivity index (χ3n) is 4.68. The van der Waals surface area contributed by atoms with Gasteiger partial charge in [0.25, 0.3) is 0 Å². The molecular weight excluding hydrogens is 268 g/mol. The van der Waals surface area contributed by atoms with E-state index in [0.717, 1.165) is 32.1 Å². The molecule has 5 nitrogen and oxygen atoms in total. The molecule has 2 amide bonds. The standard InChI is InChI=1S/C16H28N2O3/c1-16(2)15(20)18(10-7-11-21-3)13(14(19)17-16)12-8-5-4-6-9-12/h12-13H,4-11H2,1-3H3,(H,17,19). The molecule has 0 aromatic rings. The fourth-order valence-corrected chi connectivity index (χ4v) is 3.60. The first-order valence-corrected chi connectivity index (χ1v) is 8.09. The zero-order chi connectivity index (χ0) is 15.5. The number of ether oxygens (including phenoxy) is 1. The van der Waals surface area contributed by atoms with Crippen LogP contribution in [0.1, 0.15) is 52.4 Å². The van der Waals surface area contributed by atoms with E-state index < -0.39 is 5.54 Å². The fourth-order valence-electron chi connectivity index (χ4n) is 3.60. The van der Waals surface area contributed by atoms with Crippen molar-refractivity contribution in [2.75, 3.05) is 20.3 Å². The van der Waals surface area contributed by atoms with E-state index in [-0.39, 0.29) is 17.9 Å². The van der Waals surface area contributed by atoms with E-state index in [4.69, 9.17) is 4.74 Å². The molecule has 1 heterocycles. The van der Waals surface area contributed by atoms with Crippen molar-refractivity contribution in [2.24, 2.45) is 5.92 Å². The minimum Gasteiger partial charge on any atom is -0.385 e. The third-order valence-corrected chi connectivity index (χ3v) is 4.68. The molecule has 2 aliphatic rings. The molecule has 0 aromatic heterocycles. The van der Waals surface area contributed by atoms with Crippen LogP contribution in [0.3, 0.4) is 0 Å². The van der Waals surface area contributed by atoms with Crippen LogP contribution >= 0.6 is 0 Å². The number of piperazine rings is 1. The molecule has 2 fully saturated rings. The van der Waals surface area contributed by atoms with E-state index in [9.17, 15) is 9.59 Å². The summed E-state index contributed by atoms with van der Waals surface area (Å²) in [4.78, 5) is 27.1. The first kappa shape index (κ1) is 16.3. The summed E-state index contributed by atoms with van der Waals surface area (Å²) in [6.07, 6.45) is 6.44. The van der Waals surface area contributed by atoms with Crippen LogP contribution in [0.25, 0.3) is 0 Å². The molecule has 1 atom stereocenters. The van der Waals surface area contributed by atoms with E-state index in [1.165, 1.54) is 6.42 Å². The van der Waals surface area contributed by atoms with E-state index in [2.05, 4.69) is 5.32 Å². The quantitative estimate of drug-likeness (QED) is 0.786. The maximum atomic E-state index is 12.7. The second kappa shape index (κ2) is 6.77. The SMILES string of the molecule is COCCCN1C(=O)C(C)(C)NC(=O)C1C1CCCCC1. The first-order valence-electron chi connectivity index (χ1n) is 8.09. The molecule has 120 valence electrons. The minimum absolute atomic E-state index is 0.0175. The lowest BCUT2D eigenvalue weighted by Crippen LogP contribution is -2.69. The van der Waals surface area contributed by atoms with Crippen molar-refractivity contribution in [3.05, 3.63) is 0 Å². The number of methoxy groups -OCH3 is 1. The number of nitrogens with one attached hydrogen (secondary N) is 1. The molecule has 5 heteroatoms. The Bertz CT molecular complexity index is 389. The summed E-state index contributed by atoms with van der Waals surface area (Å²) in [6.45, 7) is 4.79. The van der Waals surface area contributed by atoms with Gasteiger partial charge in [0.05, 0.1) is 0 Å². The predicted octanol–water partition coefficient (Wildman–Crippen LogP) is 1.71. The number of nitrogens with zero attached hydrogens (tertiary/aromatic N) is 1. The average Bonchev–Trinajstić information content (AvgIpc) is 2.45. The van der Waals surface area contributed by atoms with Crippen LogP contribution in [-0.2, 0) is 14.3 Å². The van der Waals surface area contributed by atoms with Crippen LogP contribution in [0.15, 0.2) is 0 Å². The number of carbonyl (C=O) groups is 2. The zero-order valence-corrected chi connectivity index (χ0v) is 13.5. The Morgan fingerprint density at radius 2 is 1.90 bits per heavy atom. The molecule has 0 bridgehead atoms. The molecule has 1 saturated carbocycles. The summed E-state index contributed by atoms with van der Waals surface area (Å²) in [5.74, 6) is 0.360. The monoisotopic (exact) mass is 296 g/mol. The van der Waals surface area contributed by atoms with Crippen molar-refractivity contribution in [2.45, 2.75) is 64.0 Å². The molecular formula is C16H28N2O3. The van der Waals surface area contributed by atoms with Gasteiger partial charge in [-0.15, -0.1) is 0 Å². The normalized spacial score (nSPS) is 26.8. The fraction of sp³-hybridized carbons (Fsp3) is 0.875. The Morgan fingerprint density at radius 3 is 2.52 bits per heavy atom. The molecule has 1 aliphatic heterocycles. The maximum Gasteiger partial charge on any atom is 0.248 e. The van der Waals surface area contributed by atoms with Gasteiger partial charge in [-0.1, -0.05) is 19.3 Å². The second-order valence-electron chi connectivity index (χ2n) is 6.80. The Kier molecular flexibility index (Phi) is 5.25. The highest BCUT2D eigenvalue weighted by atomic mass is 16.5. The second-order valence-corrected chi connectivity index (χ2v) is 6.80. The number of hydrogen-bond donors (Lipinski definition) is 1. The van der Waals surface area contributed by atoms with Gasteiger partial charge in [0.1, 0.15) is 11.6 Å². The highest BCUT2D eigenvalue weighted by Crippen LogP contribution is 2.32. The van der Waals surface area contributed by atoms with Crippen LogP contribution in [-0.4, -0.2) is 48.6 Å². The van der Waals surface area contributed by atoms with Crippen LogP contribution in [0.2, 0.25) is 0 Å². The summed E-state index contributed by atoms with van der Waals surface area (Å²) in [7, 11) is 1.66. The molecule has 21 heavy (non-hydrogen) atoms. The lowest BCUT2D eigenvalue weighted by atomic mass is 9.80. The van der Waals surface area contributed by atoms with Gasteiger partial charge in [-0.25, -0.2) is 0 Å². The molecule has 0 radical (unpaired) electrons. The highest BCUT2D eigenvalue weighted by molar-refractivity contribution is 5.99. The molecule has 0 aromatic carbocycles. The topological polar surface area (TPSA) is 58.6 Å². The van der Waals surface area contributed by atoms with Crippen LogP contribution in [0, 0.1) is 5.92 Å². The highest BCUT2D eigenvalue weighted by Gasteiger charge is 2.47. The predicted molar refractivity (Wildman–Crippen MR) is 80.8 cm³/mol. The van der Waals surface area contributed by atoms with Crippen LogP contribution < -0.4 is 5.32 Å². The number of hydrogen-bond acceptors (Lipinski definition) is 3. The van der Waals surface area contributed by atoms with Gasteiger partial charge in [0.15, 0.2) is 0 Å². The van der Waals surface area contributed by atoms with Crippen molar-refractivity contribution in [1.82, 2.24) is 10.2 Å². The van der Waals surface area contributed by atoms with Gasteiger partial charge in [-0.05, 0) is 39.0 Å². The van der Waals surface area contributed by atoms with Crippen molar-refractivity contribution in [1.29, 1.82) is 0 Å². The lowest BCUT2D eigenvalue weighted by Gasteiger charge is -2.46. The van der Waals surface area contributed by atoms with Crippen molar-refractivity contribution in [3.63, 3.8) is 0 Å². The zero-order valence-electron chi connectivity index (χ0n) is 13.5. The first-order chi connectivity index (χ1) is 9.97. The summed E-state index contributed by atoms with van der Waals surface area (Å²) >= 11 is 0. The maximum absolute atomic E-state index is 12.7. The third kappa shape index (κ3) is 3.57. The van der Waals surface area contributed by atoms with Crippen molar-refractivity contribution < 1.29 is 14.3 Å². The summed E-state index contributed by atoms with van der Waals surface area (Å²) in [6, 6.07) is -0.289. The van der Waals surface area contributed by atoms with Gasteiger partial charge in [-0.2, -0.15) is 0 Å². The van der Waals surface area contributed by atoms with E-state index >= 15 is 0 Å². The Labute approximate surface area is 127 Å². The van der Waals surface area contributed by atoms with E-state index in [1.807, 2.05) is 4.90 Å². The van der Waals surface area contributed by atoms with Crippen molar-refractivity contribution in [3.8, 4) is 0 Å². The minimum atomic E-state index is -0.796. The molecule has 1 saturated heterocycles. The molecule has 1 unspecified atom stereocenters. The number of amides is 2. The summed E-state index contributed by atoms with van der Waals surface area (Å²) in [5, 5.41) is 2.91. The largest absolute Gasteiger partial charge is 0.385 e. The van der Waals surface area contributed by atoms with E-state index in [1.54, 1.807) is 21.0 Å². The molecule has 1 N–H and O–H groups in total. The number of rotatable bonds is 5. The Hall–Kier alpha value is -1.10. The van der Waals surface area contributed by atoms with Crippen molar-refractivity contribution >= 4 is 11.8 Å². The number of carbonyl (C=O) groups excluding carboxylic acids is 2. The Balaban J connectivity index is 2.16. The summed E-state index contributed by atoms with van der Waals surface area (Å²) < 4.78 is 5.09. The summed E-state index contributed by atoms with van der Waals surface area (Å²) in [5.41, 5.74) is -0.796. The molecule has 2 rings (SSSR count). The van der Waals surface area contributed by atoms with Crippen LogP contribution in [0.5, 0.6) is 0 Å². The van der Waals surface area contributed by atoms with Crippen LogP contribution in [0.4, 0.5) is 0 Å². The van der Waals surface area contributed by atoms with Gasteiger partial charge in [-0.3, -0.25) is 9.59 Å². The average molecular weight is 296 g/mol. The molecule has 1 aliphatic carbocycles. The van der Waals surface area contributed by atoms with E-state index in [0.29, 0.717) is 19.1 Å². The molecule has 0 spiro atoms. The lowest BCUT2D eigenvalue weighted by molar-refractivity contribution is -0.156. The smallest absolute Gasteiger partial charge is 0.248 e. The van der Waals surface area contributed by atoms with Gasteiger partial charge < -0.3 is 15.0 Å². The van der Waals surface area contributed by atoms with Gasteiger partial charge >= 0.3 is 0 Å². The Morgan fingerprint density at radius 1 is 1.24 bits per heavy atom. The van der Waals surface area contributed by atoms with Gasteiger partial charge in [0, 0.05) is 20.3 Å².